The first-order valence-corrected chi connectivity index (χ1v) is 7.79. The maximum Gasteiger partial charge on any atom is 0.256 e. The molecule has 0 aliphatic carbocycles. The summed E-state index contributed by atoms with van der Waals surface area (Å²) in [7, 11) is 3.47. The van der Waals surface area contributed by atoms with Crippen LogP contribution in [-0.4, -0.2) is 46.5 Å². The molecule has 23 heavy (non-hydrogen) atoms. The Balaban J connectivity index is 1.82. The third-order valence-electron chi connectivity index (χ3n) is 4.28. The summed E-state index contributed by atoms with van der Waals surface area (Å²) in [6.07, 6.45) is 3.61. The quantitative estimate of drug-likeness (QED) is 0.943. The van der Waals surface area contributed by atoms with Gasteiger partial charge in [0, 0.05) is 20.6 Å². The van der Waals surface area contributed by atoms with E-state index in [-0.39, 0.29) is 17.8 Å². The van der Waals surface area contributed by atoms with Crippen molar-refractivity contribution in [3.05, 3.63) is 53.1 Å². The van der Waals surface area contributed by atoms with Crippen LogP contribution in [0, 0.1) is 5.82 Å². The Labute approximate surface area is 135 Å². The Hall–Kier alpha value is -2.21. The SMILES string of the molecule is CN(C)C(=O)c1cn[nH]c1[C@@H]1CCCN1Cc1cccc(F)c1. The maximum absolute atomic E-state index is 13.4. The molecule has 0 radical (unpaired) electrons. The molecule has 1 saturated heterocycles. The minimum absolute atomic E-state index is 0.0497. The van der Waals surface area contributed by atoms with Crippen LogP contribution < -0.4 is 0 Å². The Morgan fingerprint density at radius 2 is 2.30 bits per heavy atom. The summed E-state index contributed by atoms with van der Waals surface area (Å²) < 4.78 is 13.4. The van der Waals surface area contributed by atoms with Gasteiger partial charge >= 0.3 is 0 Å². The molecular weight excluding hydrogens is 295 g/mol. The van der Waals surface area contributed by atoms with E-state index in [0.717, 1.165) is 30.6 Å². The molecule has 3 rings (SSSR count). The fourth-order valence-corrected chi connectivity index (χ4v) is 3.17. The number of likely N-dealkylation sites (tertiary alicyclic amines) is 1. The molecule has 1 atom stereocenters. The summed E-state index contributed by atoms with van der Waals surface area (Å²) in [5.41, 5.74) is 2.42. The smallest absolute Gasteiger partial charge is 0.256 e. The first-order chi connectivity index (χ1) is 11.1. The van der Waals surface area contributed by atoms with Crippen molar-refractivity contribution in [2.45, 2.75) is 25.4 Å². The molecule has 2 aromatic rings. The number of amides is 1. The van der Waals surface area contributed by atoms with E-state index < -0.39 is 0 Å². The zero-order valence-corrected chi connectivity index (χ0v) is 13.4. The third-order valence-corrected chi connectivity index (χ3v) is 4.28. The minimum Gasteiger partial charge on any atom is -0.345 e. The van der Waals surface area contributed by atoms with E-state index >= 15 is 0 Å². The molecule has 1 N–H and O–H groups in total. The van der Waals surface area contributed by atoms with E-state index in [1.165, 1.54) is 6.07 Å². The van der Waals surface area contributed by atoms with Crippen LogP contribution in [0.2, 0.25) is 0 Å². The summed E-state index contributed by atoms with van der Waals surface area (Å²) in [5.74, 6) is -0.269. The normalized spacial score (nSPS) is 18.3. The highest BCUT2D eigenvalue weighted by atomic mass is 19.1. The molecule has 1 amide bonds. The molecule has 0 saturated carbocycles. The number of carbonyl (C=O) groups excluding carboxylic acids is 1. The highest BCUT2D eigenvalue weighted by Crippen LogP contribution is 2.34. The number of carbonyl (C=O) groups is 1. The molecule has 1 aliphatic rings. The molecule has 1 fully saturated rings. The molecule has 1 aromatic heterocycles. The monoisotopic (exact) mass is 316 g/mol. The highest BCUT2D eigenvalue weighted by Gasteiger charge is 2.31. The lowest BCUT2D eigenvalue weighted by Gasteiger charge is -2.24. The largest absolute Gasteiger partial charge is 0.345 e. The van der Waals surface area contributed by atoms with Crippen molar-refractivity contribution >= 4 is 5.91 Å². The van der Waals surface area contributed by atoms with Crippen molar-refractivity contribution in [3.8, 4) is 0 Å². The van der Waals surface area contributed by atoms with Gasteiger partial charge in [0.2, 0.25) is 0 Å². The number of benzene rings is 1. The van der Waals surface area contributed by atoms with Gasteiger partial charge in [-0.25, -0.2) is 4.39 Å². The van der Waals surface area contributed by atoms with E-state index in [1.807, 2.05) is 6.07 Å². The molecule has 2 heterocycles. The van der Waals surface area contributed by atoms with Crippen molar-refractivity contribution in [2.75, 3.05) is 20.6 Å². The lowest BCUT2D eigenvalue weighted by molar-refractivity contribution is 0.0824. The van der Waals surface area contributed by atoms with Crippen molar-refractivity contribution in [1.82, 2.24) is 20.0 Å². The van der Waals surface area contributed by atoms with Crippen LogP contribution in [0.25, 0.3) is 0 Å². The molecule has 122 valence electrons. The second-order valence-corrected chi connectivity index (χ2v) is 6.16. The highest BCUT2D eigenvalue weighted by molar-refractivity contribution is 5.94. The molecular formula is C17H21FN4O. The summed E-state index contributed by atoms with van der Waals surface area (Å²) in [6, 6.07) is 6.78. The number of hydrogen-bond acceptors (Lipinski definition) is 3. The van der Waals surface area contributed by atoms with Crippen LogP contribution in [-0.2, 0) is 6.54 Å². The molecule has 5 nitrogen and oxygen atoms in total. The van der Waals surface area contributed by atoms with E-state index in [9.17, 15) is 9.18 Å². The lowest BCUT2D eigenvalue weighted by atomic mass is 10.1. The second-order valence-electron chi connectivity index (χ2n) is 6.16. The van der Waals surface area contributed by atoms with Gasteiger partial charge in [0.25, 0.3) is 5.91 Å². The van der Waals surface area contributed by atoms with Crippen LogP contribution in [0.15, 0.2) is 30.5 Å². The fourth-order valence-electron chi connectivity index (χ4n) is 3.17. The van der Waals surface area contributed by atoms with Gasteiger partial charge in [-0.15, -0.1) is 0 Å². The number of nitrogens with one attached hydrogen (secondary N) is 1. The van der Waals surface area contributed by atoms with Crippen LogP contribution in [0.4, 0.5) is 4.39 Å². The molecule has 6 heteroatoms. The molecule has 1 aromatic carbocycles. The Morgan fingerprint density at radius 3 is 3.04 bits per heavy atom. The van der Waals surface area contributed by atoms with Crippen LogP contribution in [0.5, 0.6) is 0 Å². The fraction of sp³-hybridized carbons (Fsp3) is 0.412. The van der Waals surface area contributed by atoms with Gasteiger partial charge in [0.1, 0.15) is 5.82 Å². The van der Waals surface area contributed by atoms with E-state index in [1.54, 1.807) is 37.3 Å². The predicted octanol–water partition coefficient (Wildman–Crippen LogP) is 2.59. The number of aromatic amines is 1. The van der Waals surface area contributed by atoms with E-state index in [4.69, 9.17) is 0 Å². The molecule has 0 spiro atoms. The van der Waals surface area contributed by atoms with E-state index in [0.29, 0.717) is 12.1 Å². The lowest BCUT2D eigenvalue weighted by Crippen LogP contribution is -2.27. The van der Waals surface area contributed by atoms with Crippen molar-refractivity contribution < 1.29 is 9.18 Å². The summed E-state index contributed by atoms with van der Waals surface area (Å²) in [6.45, 7) is 1.59. The van der Waals surface area contributed by atoms with Gasteiger partial charge in [-0.2, -0.15) is 5.10 Å². The third kappa shape index (κ3) is 3.27. The maximum atomic E-state index is 13.4. The van der Waals surface area contributed by atoms with Crippen LogP contribution in [0.3, 0.4) is 0 Å². The van der Waals surface area contributed by atoms with Gasteiger partial charge in [0.15, 0.2) is 0 Å². The Morgan fingerprint density at radius 1 is 1.48 bits per heavy atom. The van der Waals surface area contributed by atoms with Gasteiger partial charge in [0.05, 0.1) is 23.5 Å². The van der Waals surface area contributed by atoms with Crippen LogP contribution in [0.1, 0.15) is 40.5 Å². The zero-order chi connectivity index (χ0) is 16.4. The standard InChI is InChI=1S/C17H21FN4O/c1-21(2)17(23)14-10-19-20-16(14)15-7-4-8-22(15)11-12-5-3-6-13(18)9-12/h3,5-6,9-10,15H,4,7-8,11H2,1-2H3,(H,19,20)/t15-/m0/s1. The first-order valence-electron chi connectivity index (χ1n) is 7.79. The number of rotatable bonds is 4. The number of hydrogen-bond donors (Lipinski definition) is 1. The molecule has 1 aliphatic heterocycles. The Bertz CT molecular complexity index is 697. The minimum atomic E-state index is -0.219. The Kier molecular flexibility index (Phi) is 4.43. The van der Waals surface area contributed by atoms with Gasteiger partial charge in [-0.1, -0.05) is 12.1 Å². The summed E-state index contributed by atoms with van der Waals surface area (Å²) in [5, 5.41) is 7.06. The summed E-state index contributed by atoms with van der Waals surface area (Å²) in [4.78, 5) is 16.1. The average Bonchev–Trinajstić information content (AvgIpc) is 3.14. The zero-order valence-electron chi connectivity index (χ0n) is 13.4. The van der Waals surface area contributed by atoms with E-state index in [2.05, 4.69) is 15.1 Å². The van der Waals surface area contributed by atoms with Crippen molar-refractivity contribution in [3.63, 3.8) is 0 Å². The van der Waals surface area contributed by atoms with Crippen molar-refractivity contribution in [2.24, 2.45) is 0 Å². The summed E-state index contributed by atoms with van der Waals surface area (Å²) >= 11 is 0. The van der Waals surface area contributed by atoms with Crippen LogP contribution >= 0.6 is 0 Å². The van der Waals surface area contributed by atoms with Gasteiger partial charge in [-0.3, -0.25) is 14.8 Å². The van der Waals surface area contributed by atoms with Gasteiger partial charge in [-0.05, 0) is 37.1 Å². The van der Waals surface area contributed by atoms with Gasteiger partial charge < -0.3 is 4.90 Å². The van der Waals surface area contributed by atoms with Crippen molar-refractivity contribution in [1.29, 1.82) is 0 Å². The topological polar surface area (TPSA) is 52.2 Å². The first kappa shape index (κ1) is 15.7. The number of halogens is 1. The molecule has 0 bridgehead atoms. The predicted molar refractivity (Wildman–Crippen MR) is 85.4 cm³/mol. The molecule has 0 unspecified atom stereocenters. The second kappa shape index (κ2) is 6.50. The number of H-pyrrole nitrogens is 1. The number of nitrogens with zero attached hydrogens (tertiary/aromatic N) is 3. The number of aromatic nitrogens is 2. The average molecular weight is 316 g/mol.